The third-order valence-electron chi connectivity index (χ3n) is 1.58. The first-order valence-electron chi connectivity index (χ1n) is 4.11. The van der Waals surface area contributed by atoms with Gasteiger partial charge in [-0.05, 0) is 11.0 Å². The Hall–Kier alpha value is -0.600. The summed E-state index contributed by atoms with van der Waals surface area (Å²) in [6.07, 6.45) is 5.27. The standard InChI is InChI=1S/C10H18O2/c1-10(2,3)9(6-8-12)5-4-7-11/h4-6,11-12H,7-8H2,1-3H3/b5-4-,9-6+. The van der Waals surface area contributed by atoms with Crippen molar-refractivity contribution in [1.29, 1.82) is 0 Å². The number of allylic oxidation sites excluding steroid dienone is 2. The predicted octanol–water partition coefficient (Wildman–Crippen LogP) is 1.50. The van der Waals surface area contributed by atoms with E-state index in [9.17, 15) is 0 Å². The third-order valence-corrected chi connectivity index (χ3v) is 1.58. The zero-order chi connectivity index (χ0) is 9.61. The molecule has 0 atom stereocenters. The Balaban J connectivity index is 4.46. The maximum Gasteiger partial charge on any atom is 0.0618 e. The zero-order valence-corrected chi connectivity index (χ0v) is 8.04. The molecule has 2 nitrogen and oxygen atoms in total. The van der Waals surface area contributed by atoms with E-state index in [1.165, 1.54) is 0 Å². The molecule has 70 valence electrons. The van der Waals surface area contributed by atoms with Gasteiger partial charge in [0.2, 0.25) is 0 Å². The first kappa shape index (κ1) is 11.4. The highest BCUT2D eigenvalue weighted by molar-refractivity contribution is 5.24. The van der Waals surface area contributed by atoms with Crippen molar-refractivity contribution in [2.24, 2.45) is 5.41 Å². The Bertz CT molecular complexity index is 173. The second kappa shape index (κ2) is 5.12. The van der Waals surface area contributed by atoms with Gasteiger partial charge in [0.15, 0.2) is 0 Å². The van der Waals surface area contributed by atoms with Crippen LogP contribution in [-0.2, 0) is 0 Å². The first-order chi connectivity index (χ1) is 5.52. The largest absolute Gasteiger partial charge is 0.392 e. The summed E-state index contributed by atoms with van der Waals surface area (Å²) >= 11 is 0. The van der Waals surface area contributed by atoms with E-state index in [1.54, 1.807) is 12.2 Å². The smallest absolute Gasteiger partial charge is 0.0618 e. The van der Waals surface area contributed by atoms with Crippen LogP contribution in [0.15, 0.2) is 23.8 Å². The van der Waals surface area contributed by atoms with Crippen molar-refractivity contribution in [3.8, 4) is 0 Å². The predicted molar refractivity (Wildman–Crippen MR) is 50.8 cm³/mol. The fourth-order valence-electron chi connectivity index (χ4n) is 0.902. The van der Waals surface area contributed by atoms with Crippen LogP contribution in [0.2, 0.25) is 0 Å². The van der Waals surface area contributed by atoms with Crippen LogP contribution in [0.3, 0.4) is 0 Å². The second-order valence-electron chi connectivity index (χ2n) is 3.68. The topological polar surface area (TPSA) is 40.5 Å². The van der Waals surface area contributed by atoms with Gasteiger partial charge in [0.05, 0.1) is 13.2 Å². The van der Waals surface area contributed by atoms with Crippen molar-refractivity contribution in [1.82, 2.24) is 0 Å². The molecule has 0 aromatic rings. The monoisotopic (exact) mass is 170 g/mol. The highest BCUT2D eigenvalue weighted by Crippen LogP contribution is 2.25. The summed E-state index contributed by atoms with van der Waals surface area (Å²) in [4.78, 5) is 0. The normalized spacial score (nSPS) is 14.2. The summed E-state index contributed by atoms with van der Waals surface area (Å²) in [7, 11) is 0. The van der Waals surface area contributed by atoms with Gasteiger partial charge in [0.1, 0.15) is 0 Å². The van der Waals surface area contributed by atoms with Gasteiger partial charge < -0.3 is 10.2 Å². The van der Waals surface area contributed by atoms with Crippen LogP contribution >= 0.6 is 0 Å². The van der Waals surface area contributed by atoms with E-state index in [1.807, 2.05) is 6.08 Å². The van der Waals surface area contributed by atoms with Crippen molar-refractivity contribution in [3.63, 3.8) is 0 Å². The minimum absolute atomic E-state index is 0.0222. The fraction of sp³-hybridized carbons (Fsp3) is 0.600. The van der Waals surface area contributed by atoms with Crippen molar-refractivity contribution in [2.45, 2.75) is 20.8 Å². The molecule has 0 aromatic heterocycles. The van der Waals surface area contributed by atoms with Crippen LogP contribution in [0.4, 0.5) is 0 Å². The summed E-state index contributed by atoms with van der Waals surface area (Å²) in [6.45, 7) is 6.28. The van der Waals surface area contributed by atoms with Gasteiger partial charge in [-0.25, -0.2) is 0 Å². The molecule has 0 aliphatic heterocycles. The molecule has 0 aromatic carbocycles. The summed E-state index contributed by atoms with van der Waals surface area (Å²) < 4.78 is 0. The Kier molecular flexibility index (Phi) is 4.86. The molecular formula is C10H18O2. The van der Waals surface area contributed by atoms with Crippen molar-refractivity contribution < 1.29 is 10.2 Å². The van der Waals surface area contributed by atoms with Crippen molar-refractivity contribution >= 4 is 0 Å². The van der Waals surface area contributed by atoms with Gasteiger partial charge >= 0.3 is 0 Å². The molecule has 2 heteroatoms. The molecule has 0 aliphatic carbocycles. The van der Waals surface area contributed by atoms with Crippen LogP contribution in [-0.4, -0.2) is 23.4 Å². The molecular weight excluding hydrogens is 152 g/mol. The van der Waals surface area contributed by atoms with Gasteiger partial charge in [-0.3, -0.25) is 0 Å². The Morgan fingerprint density at radius 3 is 2.08 bits per heavy atom. The minimum atomic E-state index is 0.0222. The molecule has 0 saturated carbocycles. The van der Waals surface area contributed by atoms with E-state index in [4.69, 9.17) is 10.2 Å². The summed E-state index contributed by atoms with van der Waals surface area (Å²) in [5, 5.41) is 17.3. The van der Waals surface area contributed by atoms with Crippen molar-refractivity contribution in [3.05, 3.63) is 23.8 Å². The average Bonchev–Trinajstić information content (AvgIpc) is 1.95. The third kappa shape index (κ3) is 4.31. The van der Waals surface area contributed by atoms with Crippen LogP contribution in [0.5, 0.6) is 0 Å². The van der Waals surface area contributed by atoms with E-state index >= 15 is 0 Å². The summed E-state index contributed by atoms with van der Waals surface area (Å²) in [5.74, 6) is 0. The first-order valence-corrected chi connectivity index (χ1v) is 4.11. The minimum Gasteiger partial charge on any atom is -0.392 e. The summed E-state index contributed by atoms with van der Waals surface area (Å²) in [6, 6.07) is 0. The molecule has 0 rings (SSSR count). The van der Waals surface area contributed by atoms with Gasteiger partial charge in [-0.1, -0.05) is 39.0 Å². The molecule has 0 spiro atoms. The van der Waals surface area contributed by atoms with Gasteiger partial charge in [0, 0.05) is 0 Å². The zero-order valence-electron chi connectivity index (χ0n) is 8.04. The highest BCUT2D eigenvalue weighted by atomic mass is 16.3. The number of aliphatic hydroxyl groups excluding tert-OH is 2. The van der Waals surface area contributed by atoms with Crippen LogP contribution in [0.25, 0.3) is 0 Å². The molecule has 0 unspecified atom stereocenters. The molecule has 0 bridgehead atoms. The van der Waals surface area contributed by atoms with Gasteiger partial charge in [-0.2, -0.15) is 0 Å². The number of hydrogen-bond acceptors (Lipinski definition) is 2. The molecule has 0 fully saturated rings. The Labute approximate surface area is 74.2 Å². The van der Waals surface area contributed by atoms with Crippen LogP contribution < -0.4 is 0 Å². The lowest BCUT2D eigenvalue weighted by Crippen LogP contribution is -2.08. The second-order valence-corrected chi connectivity index (χ2v) is 3.68. The molecule has 0 heterocycles. The van der Waals surface area contributed by atoms with Crippen LogP contribution in [0.1, 0.15) is 20.8 Å². The lowest BCUT2D eigenvalue weighted by Gasteiger charge is -2.20. The van der Waals surface area contributed by atoms with E-state index < -0.39 is 0 Å². The number of aliphatic hydroxyl groups is 2. The lowest BCUT2D eigenvalue weighted by atomic mass is 9.86. The molecule has 0 aliphatic rings. The maximum atomic E-state index is 8.73. The molecule has 2 N–H and O–H groups in total. The quantitative estimate of drug-likeness (QED) is 0.630. The molecule has 0 saturated heterocycles. The highest BCUT2D eigenvalue weighted by Gasteiger charge is 2.13. The van der Waals surface area contributed by atoms with E-state index in [0.29, 0.717) is 0 Å². The Morgan fingerprint density at radius 1 is 1.17 bits per heavy atom. The van der Waals surface area contributed by atoms with Crippen LogP contribution in [0, 0.1) is 5.41 Å². The van der Waals surface area contributed by atoms with Gasteiger partial charge in [-0.15, -0.1) is 0 Å². The van der Waals surface area contributed by atoms with E-state index in [2.05, 4.69) is 20.8 Å². The van der Waals surface area contributed by atoms with Crippen molar-refractivity contribution in [2.75, 3.05) is 13.2 Å². The average molecular weight is 170 g/mol. The fourth-order valence-corrected chi connectivity index (χ4v) is 0.902. The summed E-state index contributed by atoms with van der Waals surface area (Å²) in [5.41, 5.74) is 1.06. The SMILES string of the molecule is CC(C)(C)C(/C=C\CO)=C/CO. The molecule has 0 radical (unpaired) electrons. The molecule has 0 amide bonds. The van der Waals surface area contributed by atoms with Gasteiger partial charge in [0.25, 0.3) is 0 Å². The number of rotatable bonds is 3. The van der Waals surface area contributed by atoms with E-state index in [0.717, 1.165) is 5.57 Å². The van der Waals surface area contributed by atoms with E-state index in [-0.39, 0.29) is 18.6 Å². The maximum absolute atomic E-state index is 8.73. The number of hydrogen-bond donors (Lipinski definition) is 2. The Morgan fingerprint density at radius 2 is 1.75 bits per heavy atom. The lowest BCUT2D eigenvalue weighted by molar-refractivity contribution is 0.337. The molecule has 12 heavy (non-hydrogen) atoms.